The molecule has 4 atom stereocenters. The first kappa shape index (κ1) is 15.8. The van der Waals surface area contributed by atoms with Crippen molar-refractivity contribution in [2.45, 2.75) is 90.3 Å². The molecule has 2 aliphatic carbocycles. The highest BCUT2D eigenvalue weighted by Gasteiger charge is 2.40. The molecule has 0 radical (unpaired) electrons. The lowest BCUT2D eigenvalue weighted by Crippen LogP contribution is -2.59. The number of nitrogens with one attached hydrogen (secondary N) is 1. The molecule has 0 aromatic heterocycles. The van der Waals surface area contributed by atoms with Crippen molar-refractivity contribution in [3.05, 3.63) is 0 Å². The maximum absolute atomic E-state index is 4.15. The van der Waals surface area contributed by atoms with Gasteiger partial charge in [-0.05, 0) is 63.7 Å². The molecule has 1 saturated heterocycles. The zero-order valence-electron chi connectivity index (χ0n) is 14.5. The van der Waals surface area contributed by atoms with Crippen LogP contribution < -0.4 is 5.32 Å². The highest BCUT2D eigenvalue weighted by Crippen LogP contribution is 2.36. The zero-order valence-corrected chi connectivity index (χ0v) is 14.5. The quantitative estimate of drug-likeness (QED) is 0.789. The van der Waals surface area contributed by atoms with Gasteiger partial charge in [-0.25, -0.2) is 0 Å². The molecule has 4 unspecified atom stereocenters. The van der Waals surface area contributed by atoms with E-state index in [-0.39, 0.29) is 0 Å². The van der Waals surface area contributed by atoms with Crippen LogP contribution in [0, 0.1) is 17.8 Å². The Hall–Kier alpha value is -0.0800. The fraction of sp³-hybridized carbons (Fsp3) is 1.00. The van der Waals surface area contributed by atoms with Crippen LogP contribution >= 0.6 is 0 Å². The third-order valence-corrected chi connectivity index (χ3v) is 6.52. The van der Waals surface area contributed by atoms with Gasteiger partial charge >= 0.3 is 0 Å². The van der Waals surface area contributed by atoms with E-state index in [2.05, 4.69) is 31.0 Å². The summed E-state index contributed by atoms with van der Waals surface area (Å²) in [5.41, 5.74) is 0. The Morgan fingerprint density at radius 2 is 1.52 bits per heavy atom. The van der Waals surface area contributed by atoms with Crippen LogP contribution in [-0.2, 0) is 0 Å². The summed E-state index contributed by atoms with van der Waals surface area (Å²) >= 11 is 0. The van der Waals surface area contributed by atoms with Gasteiger partial charge in [-0.2, -0.15) is 0 Å². The smallest absolute Gasteiger partial charge is 0.0151 e. The van der Waals surface area contributed by atoms with E-state index in [1.165, 1.54) is 64.5 Å². The fourth-order valence-electron chi connectivity index (χ4n) is 5.09. The maximum Gasteiger partial charge on any atom is 0.0151 e. The summed E-state index contributed by atoms with van der Waals surface area (Å²) in [4.78, 5) is 2.74. The first-order valence-electron chi connectivity index (χ1n) is 9.63. The molecule has 122 valence electrons. The summed E-state index contributed by atoms with van der Waals surface area (Å²) in [5.74, 6) is 2.79. The predicted octanol–water partition coefficient (Wildman–Crippen LogP) is 4.05. The molecule has 2 heteroatoms. The molecule has 0 aromatic rings. The highest BCUT2D eigenvalue weighted by molar-refractivity contribution is 4.97. The molecule has 1 aliphatic heterocycles. The average molecular weight is 293 g/mol. The number of hydrogen-bond donors (Lipinski definition) is 1. The van der Waals surface area contributed by atoms with E-state index in [1.54, 1.807) is 0 Å². The highest BCUT2D eigenvalue weighted by atomic mass is 15.2. The SMILES string of the molecule is CC1CCCC(NC2C3CCCC2CN(C(C)C)C3)CC1. The zero-order chi connectivity index (χ0) is 14.8. The van der Waals surface area contributed by atoms with Crippen molar-refractivity contribution in [3.63, 3.8) is 0 Å². The van der Waals surface area contributed by atoms with Crippen molar-refractivity contribution >= 4 is 0 Å². The van der Waals surface area contributed by atoms with Crippen LogP contribution in [0.5, 0.6) is 0 Å². The van der Waals surface area contributed by atoms with Gasteiger partial charge in [0, 0.05) is 31.2 Å². The molecule has 1 N–H and O–H groups in total. The molecule has 2 saturated carbocycles. The van der Waals surface area contributed by atoms with Gasteiger partial charge in [0.15, 0.2) is 0 Å². The summed E-state index contributed by atoms with van der Waals surface area (Å²) in [6.45, 7) is 9.87. The first-order chi connectivity index (χ1) is 10.1. The summed E-state index contributed by atoms with van der Waals surface area (Å²) in [6, 6.07) is 2.37. The van der Waals surface area contributed by atoms with Crippen molar-refractivity contribution in [2.75, 3.05) is 13.1 Å². The number of likely N-dealkylation sites (tertiary alicyclic amines) is 1. The molecule has 2 bridgehead atoms. The second kappa shape index (κ2) is 7.00. The molecule has 3 rings (SSSR count). The molecule has 21 heavy (non-hydrogen) atoms. The Morgan fingerprint density at radius 3 is 2.19 bits per heavy atom. The normalized spacial score (nSPS) is 42.0. The Balaban J connectivity index is 1.60. The van der Waals surface area contributed by atoms with E-state index in [9.17, 15) is 0 Å². The van der Waals surface area contributed by atoms with Gasteiger partial charge in [0.25, 0.3) is 0 Å². The van der Waals surface area contributed by atoms with Crippen molar-refractivity contribution < 1.29 is 0 Å². The molecule has 1 heterocycles. The first-order valence-corrected chi connectivity index (χ1v) is 9.63. The molecule has 3 fully saturated rings. The average Bonchev–Trinajstić information content (AvgIpc) is 2.63. The van der Waals surface area contributed by atoms with Crippen LogP contribution in [0.15, 0.2) is 0 Å². The fourth-order valence-corrected chi connectivity index (χ4v) is 5.09. The maximum atomic E-state index is 4.15. The van der Waals surface area contributed by atoms with Crippen LogP contribution in [0.2, 0.25) is 0 Å². The summed E-state index contributed by atoms with van der Waals surface area (Å²) in [6.07, 6.45) is 11.6. The topological polar surface area (TPSA) is 15.3 Å². The molecule has 0 spiro atoms. The molecular formula is C19H36N2. The van der Waals surface area contributed by atoms with Crippen LogP contribution in [0.4, 0.5) is 0 Å². The van der Waals surface area contributed by atoms with E-state index in [0.29, 0.717) is 0 Å². The van der Waals surface area contributed by atoms with Crippen molar-refractivity contribution in [1.29, 1.82) is 0 Å². The molecule has 0 amide bonds. The van der Waals surface area contributed by atoms with Crippen molar-refractivity contribution in [2.24, 2.45) is 17.8 Å². The van der Waals surface area contributed by atoms with E-state index < -0.39 is 0 Å². The van der Waals surface area contributed by atoms with Crippen LogP contribution in [0.1, 0.15) is 72.1 Å². The third-order valence-electron chi connectivity index (χ3n) is 6.52. The molecule has 2 nitrogen and oxygen atoms in total. The number of rotatable bonds is 3. The standard InChI is InChI=1S/C19H36N2/c1-14(2)21-12-16-7-5-8-17(13-21)19(16)20-18-9-4-6-15(3)10-11-18/h14-20H,4-13H2,1-3H3. The second-order valence-corrected chi connectivity index (χ2v) is 8.50. The van der Waals surface area contributed by atoms with Crippen LogP contribution in [0.25, 0.3) is 0 Å². The lowest BCUT2D eigenvalue weighted by molar-refractivity contribution is 0.0241. The summed E-state index contributed by atoms with van der Waals surface area (Å²) < 4.78 is 0. The molecule has 3 aliphatic rings. The number of nitrogens with zero attached hydrogens (tertiary/aromatic N) is 1. The minimum absolute atomic E-state index is 0.729. The van der Waals surface area contributed by atoms with Crippen molar-refractivity contribution in [3.8, 4) is 0 Å². The van der Waals surface area contributed by atoms with E-state index in [4.69, 9.17) is 0 Å². The number of hydrogen-bond acceptors (Lipinski definition) is 2. The molecule has 0 aromatic carbocycles. The third kappa shape index (κ3) is 3.82. The van der Waals surface area contributed by atoms with Gasteiger partial charge in [-0.15, -0.1) is 0 Å². The summed E-state index contributed by atoms with van der Waals surface area (Å²) in [7, 11) is 0. The van der Waals surface area contributed by atoms with Gasteiger partial charge in [-0.3, -0.25) is 0 Å². The monoisotopic (exact) mass is 292 g/mol. The van der Waals surface area contributed by atoms with E-state index in [0.717, 1.165) is 35.9 Å². The Kier molecular flexibility index (Phi) is 5.27. The lowest BCUT2D eigenvalue weighted by atomic mass is 9.72. The number of piperidine rings is 1. The summed E-state index contributed by atoms with van der Waals surface area (Å²) in [5, 5.41) is 4.15. The van der Waals surface area contributed by atoms with Crippen molar-refractivity contribution in [1.82, 2.24) is 10.2 Å². The van der Waals surface area contributed by atoms with Gasteiger partial charge in [0.1, 0.15) is 0 Å². The van der Waals surface area contributed by atoms with Gasteiger partial charge < -0.3 is 10.2 Å². The van der Waals surface area contributed by atoms with Gasteiger partial charge in [0.05, 0.1) is 0 Å². The predicted molar refractivity (Wildman–Crippen MR) is 90.5 cm³/mol. The molecular weight excluding hydrogens is 256 g/mol. The lowest BCUT2D eigenvalue weighted by Gasteiger charge is -2.50. The number of fused-ring (bicyclic) bond motifs is 2. The van der Waals surface area contributed by atoms with Gasteiger partial charge in [0.2, 0.25) is 0 Å². The minimum atomic E-state index is 0.729. The van der Waals surface area contributed by atoms with Gasteiger partial charge in [-0.1, -0.05) is 26.2 Å². The van der Waals surface area contributed by atoms with E-state index in [1.807, 2.05) is 0 Å². The largest absolute Gasteiger partial charge is 0.311 e. The van der Waals surface area contributed by atoms with Crippen LogP contribution in [0.3, 0.4) is 0 Å². The Morgan fingerprint density at radius 1 is 0.857 bits per heavy atom. The second-order valence-electron chi connectivity index (χ2n) is 8.50. The Labute approximate surface area is 132 Å². The van der Waals surface area contributed by atoms with Crippen LogP contribution in [-0.4, -0.2) is 36.1 Å². The Bertz CT molecular complexity index is 314. The minimum Gasteiger partial charge on any atom is -0.311 e. The van der Waals surface area contributed by atoms with E-state index >= 15 is 0 Å².